The lowest BCUT2D eigenvalue weighted by atomic mass is 9.98. The van der Waals surface area contributed by atoms with Gasteiger partial charge in [-0.05, 0) is 51.3 Å². The zero-order chi connectivity index (χ0) is 20.5. The van der Waals surface area contributed by atoms with Gasteiger partial charge in [0.25, 0.3) is 0 Å². The number of unbranched alkanes of at least 4 members (excludes halogenated alkanes) is 6. The smallest absolute Gasteiger partial charge is 0.137 e. The van der Waals surface area contributed by atoms with Crippen LogP contribution in [-0.4, -0.2) is 42.9 Å². The first-order valence-electron chi connectivity index (χ1n) is 10.8. The van der Waals surface area contributed by atoms with Crippen LogP contribution in [0.3, 0.4) is 0 Å². The third-order valence-corrected chi connectivity index (χ3v) is 5.32. The van der Waals surface area contributed by atoms with Gasteiger partial charge in [-0.15, -0.1) is 0 Å². The Bertz CT molecular complexity index is 544. The molecule has 0 N–H and O–H groups in total. The number of rotatable bonds is 18. The molecule has 0 aliphatic heterocycles. The van der Waals surface area contributed by atoms with Gasteiger partial charge in [0.2, 0.25) is 0 Å². The molecular formula is C24H37NO3. The Morgan fingerprint density at radius 2 is 1.54 bits per heavy atom. The topological polar surface area (TPSA) is 54.5 Å². The van der Waals surface area contributed by atoms with Gasteiger partial charge in [0, 0.05) is 31.7 Å². The fourth-order valence-corrected chi connectivity index (χ4v) is 3.56. The highest BCUT2D eigenvalue weighted by Crippen LogP contribution is 2.16. The van der Waals surface area contributed by atoms with E-state index in [1.165, 1.54) is 0 Å². The van der Waals surface area contributed by atoms with Crippen LogP contribution in [0.2, 0.25) is 0 Å². The second-order valence-electron chi connectivity index (χ2n) is 7.69. The molecule has 0 fully saturated rings. The zero-order valence-corrected chi connectivity index (χ0v) is 17.5. The van der Waals surface area contributed by atoms with Gasteiger partial charge in [-0.25, -0.2) is 0 Å². The van der Waals surface area contributed by atoms with E-state index < -0.39 is 0 Å². The molecule has 0 saturated carbocycles. The SMILES string of the molecule is CN(CCCCCCC=O)C(CCCCC=O)CCC(=O)Cc1ccccc1. The van der Waals surface area contributed by atoms with Gasteiger partial charge in [-0.1, -0.05) is 49.6 Å². The lowest BCUT2D eigenvalue weighted by molar-refractivity contribution is -0.118. The maximum absolute atomic E-state index is 12.4. The highest BCUT2D eigenvalue weighted by molar-refractivity contribution is 5.80. The number of aldehydes is 2. The molecule has 0 aliphatic carbocycles. The minimum absolute atomic E-state index is 0.298. The van der Waals surface area contributed by atoms with Crippen molar-refractivity contribution in [1.29, 1.82) is 0 Å². The van der Waals surface area contributed by atoms with Crippen molar-refractivity contribution < 1.29 is 14.4 Å². The average Bonchev–Trinajstić information content (AvgIpc) is 2.70. The molecule has 4 heteroatoms. The Hall–Kier alpha value is -1.81. The predicted molar refractivity (Wildman–Crippen MR) is 114 cm³/mol. The molecule has 0 saturated heterocycles. The van der Waals surface area contributed by atoms with Crippen LogP contribution in [0.5, 0.6) is 0 Å². The van der Waals surface area contributed by atoms with Crippen LogP contribution in [0.25, 0.3) is 0 Å². The number of carbonyl (C=O) groups excluding carboxylic acids is 3. The van der Waals surface area contributed by atoms with E-state index in [9.17, 15) is 14.4 Å². The van der Waals surface area contributed by atoms with E-state index in [2.05, 4.69) is 11.9 Å². The molecule has 0 aromatic heterocycles. The Balaban J connectivity index is 2.40. The molecule has 0 heterocycles. The molecule has 28 heavy (non-hydrogen) atoms. The highest BCUT2D eigenvalue weighted by atomic mass is 16.1. The second-order valence-corrected chi connectivity index (χ2v) is 7.69. The third-order valence-electron chi connectivity index (χ3n) is 5.32. The Morgan fingerprint density at radius 3 is 2.21 bits per heavy atom. The van der Waals surface area contributed by atoms with Gasteiger partial charge < -0.3 is 14.5 Å². The van der Waals surface area contributed by atoms with Crippen molar-refractivity contribution in [2.45, 2.75) is 83.1 Å². The van der Waals surface area contributed by atoms with E-state index in [0.29, 0.717) is 37.5 Å². The van der Waals surface area contributed by atoms with Crippen molar-refractivity contribution in [2.75, 3.05) is 13.6 Å². The van der Waals surface area contributed by atoms with Crippen LogP contribution in [0, 0.1) is 0 Å². The van der Waals surface area contributed by atoms with E-state index in [1.54, 1.807) is 0 Å². The van der Waals surface area contributed by atoms with Gasteiger partial charge in [-0.3, -0.25) is 4.79 Å². The number of carbonyl (C=O) groups is 3. The number of benzene rings is 1. The normalized spacial score (nSPS) is 12.1. The first-order valence-corrected chi connectivity index (χ1v) is 10.8. The van der Waals surface area contributed by atoms with Crippen molar-refractivity contribution in [3.05, 3.63) is 35.9 Å². The van der Waals surface area contributed by atoms with Crippen LogP contribution >= 0.6 is 0 Å². The molecule has 0 amide bonds. The summed E-state index contributed by atoms with van der Waals surface area (Å²) in [5, 5.41) is 0. The first kappa shape index (κ1) is 24.2. The van der Waals surface area contributed by atoms with Gasteiger partial charge in [0.05, 0.1) is 0 Å². The standard InChI is InChI=1S/C24H37NO3/c1-25(18-10-3-2-4-11-19-26)23(15-9-6-12-20-27)16-17-24(28)21-22-13-7-5-8-14-22/h5,7-8,13-14,19-20,23H,2-4,6,9-12,15-18,21H2,1H3. The van der Waals surface area contributed by atoms with E-state index >= 15 is 0 Å². The first-order chi connectivity index (χ1) is 13.7. The van der Waals surface area contributed by atoms with Crippen LogP contribution < -0.4 is 0 Å². The Kier molecular flexibility index (Phi) is 14.0. The van der Waals surface area contributed by atoms with Crippen molar-refractivity contribution in [3.63, 3.8) is 0 Å². The number of nitrogens with zero attached hydrogens (tertiary/aromatic N) is 1. The van der Waals surface area contributed by atoms with Crippen LogP contribution in [0.15, 0.2) is 30.3 Å². The van der Waals surface area contributed by atoms with E-state index in [4.69, 9.17) is 0 Å². The summed E-state index contributed by atoms with van der Waals surface area (Å²) in [5.74, 6) is 0.298. The van der Waals surface area contributed by atoms with Crippen LogP contribution in [-0.2, 0) is 20.8 Å². The van der Waals surface area contributed by atoms with Crippen molar-refractivity contribution in [1.82, 2.24) is 4.90 Å². The Labute approximate surface area is 170 Å². The molecule has 0 radical (unpaired) electrons. The Morgan fingerprint density at radius 1 is 0.893 bits per heavy atom. The number of hydrogen-bond donors (Lipinski definition) is 0. The summed E-state index contributed by atoms with van der Waals surface area (Å²) in [5.41, 5.74) is 1.08. The summed E-state index contributed by atoms with van der Waals surface area (Å²) >= 11 is 0. The molecule has 1 rings (SSSR count). The predicted octanol–water partition coefficient (Wildman–Crippen LogP) is 4.79. The maximum Gasteiger partial charge on any atom is 0.137 e. The minimum Gasteiger partial charge on any atom is -0.303 e. The van der Waals surface area contributed by atoms with E-state index in [-0.39, 0.29) is 0 Å². The second kappa shape index (κ2) is 16.2. The summed E-state index contributed by atoms with van der Waals surface area (Å²) in [4.78, 5) is 35.7. The maximum atomic E-state index is 12.4. The number of hydrogen-bond acceptors (Lipinski definition) is 4. The van der Waals surface area contributed by atoms with Gasteiger partial charge >= 0.3 is 0 Å². The summed E-state index contributed by atoms with van der Waals surface area (Å²) in [7, 11) is 2.15. The van der Waals surface area contributed by atoms with Crippen molar-refractivity contribution >= 4 is 18.4 Å². The molecule has 0 spiro atoms. The van der Waals surface area contributed by atoms with Gasteiger partial charge in [0.15, 0.2) is 0 Å². The third kappa shape index (κ3) is 11.8. The monoisotopic (exact) mass is 387 g/mol. The number of Topliss-reactive ketones (excluding diaryl/α,β-unsaturated/α-hetero) is 1. The van der Waals surface area contributed by atoms with Crippen LogP contribution in [0.4, 0.5) is 0 Å². The zero-order valence-electron chi connectivity index (χ0n) is 17.5. The molecule has 1 unspecified atom stereocenters. The fourth-order valence-electron chi connectivity index (χ4n) is 3.56. The minimum atomic E-state index is 0.298. The molecule has 1 aromatic rings. The molecule has 1 aromatic carbocycles. The average molecular weight is 388 g/mol. The molecule has 0 bridgehead atoms. The summed E-state index contributed by atoms with van der Waals surface area (Å²) in [6.07, 6.45) is 12.6. The summed E-state index contributed by atoms with van der Waals surface area (Å²) in [6.45, 7) is 1.02. The molecule has 0 aliphatic rings. The lowest BCUT2D eigenvalue weighted by Gasteiger charge is -2.28. The van der Waals surface area contributed by atoms with E-state index in [1.807, 2.05) is 30.3 Å². The molecule has 1 atom stereocenters. The molecule has 156 valence electrons. The van der Waals surface area contributed by atoms with Crippen LogP contribution in [0.1, 0.15) is 76.2 Å². The molecule has 4 nitrogen and oxygen atoms in total. The highest BCUT2D eigenvalue weighted by Gasteiger charge is 2.16. The summed E-state index contributed by atoms with van der Waals surface area (Å²) < 4.78 is 0. The largest absolute Gasteiger partial charge is 0.303 e. The molecular weight excluding hydrogens is 350 g/mol. The van der Waals surface area contributed by atoms with Crippen molar-refractivity contribution in [2.24, 2.45) is 0 Å². The quantitative estimate of drug-likeness (QED) is 0.268. The van der Waals surface area contributed by atoms with Crippen molar-refractivity contribution in [3.8, 4) is 0 Å². The lowest BCUT2D eigenvalue weighted by Crippen LogP contribution is -2.33. The number of ketones is 1. The van der Waals surface area contributed by atoms with Gasteiger partial charge in [-0.2, -0.15) is 0 Å². The van der Waals surface area contributed by atoms with Gasteiger partial charge in [0.1, 0.15) is 18.4 Å². The summed E-state index contributed by atoms with van der Waals surface area (Å²) in [6, 6.07) is 10.3. The fraction of sp³-hybridized carbons (Fsp3) is 0.625. The van der Waals surface area contributed by atoms with E-state index in [0.717, 1.165) is 76.0 Å².